The SMILES string of the molecule is COc1cc2c(cc1OC)C1CC(OC(=O)c3ccccc3)(c3nccc4cc(OC)c(OC)cc34)CCN1CC2. The van der Waals surface area contributed by atoms with Crippen molar-refractivity contribution in [2.45, 2.75) is 30.9 Å². The molecule has 0 bridgehead atoms. The zero-order valence-corrected chi connectivity index (χ0v) is 23.8. The lowest BCUT2D eigenvalue weighted by atomic mass is 9.76. The fourth-order valence-electron chi connectivity index (χ4n) is 6.35. The van der Waals surface area contributed by atoms with Gasteiger partial charge in [-0.15, -0.1) is 0 Å². The fourth-order valence-corrected chi connectivity index (χ4v) is 6.35. The van der Waals surface area contributed by atoms with Gasteiger partial charge in [-0.25, -0.2) is 4.79 Å². The highest BCUT2D eigenvalue weighted by atomic mass is 16.6. The van der Waals surface area contributed by atoms with Gasteiger partial charge in [-0.1, -0.05) is 18.2 Å². The molecule has 0 spiro atoms. The van der Waals surface area contributed by atoms with Crippen LogP contribution < -0.4 is 18.9 Å². The first-order valence-electron chi connectivity index (χ1n) is 13.8. The molecule has 1 saturated heterocycles. The number of piperidine rings is 1. The summed E-state index contributed by atoms with van der Waals surface area (Å²) in [7, 11) is 6.54. The molecule has 0 radical (unpaired) electrons. The van der Waals surface area contributed by atoms with Crippen molar-refractivity contribution in [2.24, 2.45) is 0 Å². The van der Waals surface area contributed by atoms with Crippen LogP contribution in [0.3, 0.4) is 0 Å². The van der Waals surface area contributed by atoms with Gasteiger partial charge >= 0.3 is 5.97 Å². The normalized spacial score (nSPS) is 20.0. The topological polar surface area (TPSA) is 79.4 Å². The van der Waals surface area contributed by atoms with Gasteiger partial charge in [0.25, 0.3) is 0 Å². The number of nitrogens with zero attached hydrogens (tertiary/aromatic N) is 2. The van der Waals surface area contributed by atoms with E-state index in [1.807, 2.05) is 36.4 Å². The second-order valence-electron chi connectivity index (χ2n) is 10.5. The van der Waals surface area contributed by atoms with Crippen molar-refractivity contribution in [3.63, 3.8) is 0 Å². The Morgan fingerprint density at radius 1 is 0.854 bits per heavy atom. The van der Waals surface area contributed by atoms with Crippen molar-refractivity contribution in [2.75, 3.05) is 41.5 Å². The molecule has 1 fully saturated rings. The van der Waals surface area contributed by atoms with Crippen LogP contribution in [0.25, 0.3) is 10.8 Å². The maximum atomic E-state index is 13.7. The van der Waals surface area contributed by atoms with Crippen LogP contribution in [0, 0.1) is 0 Å². The monoisotopic (exact) mass is 554 g/mol. The van der Waals surface area contributed by atoms with Crippen LogP contribution in [-0.4, -0.2) is 57.4 Å². The first-order valence-corrected chi connectivity index (χ1v) is 13.8. The minimum absolute atomic E-state index is 0.00641. The highest BCUT2D eigenvalue weighted by Gasteiger charge is 2.48. The summed E-state index contributed by atoms with van der Waals surface area (Å²) in [6.45, 7) is 1.65. The van der Waals surface area contributed by atoms with Crippen molar-refractivity contribution in [1.29, 1.82) is 0 Å². The second kappa shape index (κ2) is 10.9. The van der Waals surface area contributed by atoms with Crippen molar-refractivity contribution < 1.29 is 28.5 Å². The van der Waals surface area contributed by atoms with Gasteiger partial charge in [0.05, 0.1) is 39.7 Å². The molecule has 0 N–H and O–H groups in total. The molecule has 212 valence electrons. The fraction of sp³-hybridized carbons (Fsp3) is 0.333. The first kappa shape index (κ1) is 26.9. The van der Waals surface area contributed by atoms with Gasteiger partial charge in [-0.3, -0.25) is 9.88 Å². The molecular formula is C33H34N2O6. The van der Waals surface area contributed by atoms with Crippen LogP contribution in [0.1, 0.15) is 46.1 Å². The number of pyridine rings is 1. The Kier molecular flexibility index (Phi) is 7.17. The van der Waals surface area contributed by atoms with E-state index < -0.39 is 5.60 Å². The van der Waals surface area contributed by atoms with Crippen molar-refractivity contribution in [3.05, 3.63) is 89.2 Å². The van der Waals surface area contributed by atoms with Crippen LogP contribution in [0.4, 0.5) is 0 Å². The molecule has 41 heavy (non-hydrogen) atoms. The molecule has 1 aromatic heterocycles. The quantitative estimate of drug-likeness (QED) is 0.269. The maximum Gasteiger partial charge on any atom is 0.339 e. The number of benzene rings is 3. The number of hydrogen-bond donors (Lipinski definition) is 0. The summed E-state index contributed by atoms with van der Waals surface area (Å²) in [5.74, 6) is 2.25. The highest BCUT2D eigenvalue weighted by molar-refractivity contribution is 5.91. The van der Waals surface area contributed by atoms with Gasteiger partial charge < -0.3 is 23.7 Å². The van der Waals surface area contributed by atoms with E-state index >= 15 is 0 Å². The third-order valence-electron chi connectivity index (χ3n) is 8.44. The van der Waals surface area contributed by atoms with E-state index in [0.717, 1.165) is 35.8 Å². The predicted octanol–water partition coefficient (Wildman–Crippen LogP) is 5.71. The summed E-state index contributed by atoms with van der Waals surface area (Å²) in [5, 5.41) is 1.79. The Balaban J connectivity index is 1.51. The Morgan fingerprint density at radius 2 is 1.54 bits per heavy atom. The lowest BCUT2D eigenvalue weighted by Crippen LogP contribution is -2.49. The maximum absolute atomic E-state index is 13.7. The van der Waals surface area contributed by atoms with E-state index in [1.54, 1.807) is 46.8 Å². The molecule has 8 nitrogen and oxygen atoms in total. The Hall–Kier alpha value is -4.30. The summed E-state index contributed by atoms with van der Waals surface area (Å²) in [5.41, 5.74) is 2.60. The number of methoxy groups -OCH3 is 4. The summed E-state index contributed by atoms with van der Waals surface area (Å²) in [6, 6.07) is 19.1. The number of fused-ring (bicyclic) bond motifs is 4. The van der Waals surface area contributed by atoms with E-state index in [4.69, 9.17) is 28.7 Å². The third-order valence-corrected chi connectivity index (χ3v) is 8.44. The van der Waals surface area contributed by atoms with Gasteiger partial charge in [0.15, 0.2) is 28.6 Å². The predicted molar refractivity (Wildman–Crippen MR) is 155 cm³/mol. The lowest BCUT2D eigenvalue weighted by molar-refractivity contribution is -0.0768. The molecule has 3 heterocycles. The van der Waals surface area contributed by atoms with Crippen LogP contribution in [0.2, 0.25) is 0 Å². The largest absolute Gasteiger partial charge is 0.493 e. The van der Waals surface area contributed by atoms with Crippen LogP contribution in [-0.2, 0) is 16.8 Å². The molecule has 3 aromatic carbocycles. The van der Waals surface area contributed by atoms with Crippen LogP contribution in [0.5, 0.6) is 23.0 Å². The smallest absolute Gasteiger partial charge is 0.339 e. The molecule has 0 aliphatic carbocycles. The molecule has 0 amide bonds. The number of esters is 1. The zero-order chi connectivity index (χ0) is 28.6. The first-order chi connectivity index (χ1) is 20.0. The van der Waals surface area contributed by atoms with Gasteiger partial charge in [0.1, 0.15) is 0 Å². The van der Waals surface area contributed by atoms with E-state index in [-0.39, 0.29) is 12.0 Å². The highest BCUT2D eigenvalue weighted by Crippen LogP contribution is 2.50. The minimum atomic E-state index is -0.991. The molecule has 0 saturated carbocycles. The van der Waals surface area contributed by atoms with E-state index in [2.05, 4.69) is 17.0 Å². The summed E-state index contributed by atoms with van der Waals surface area (Å²) < 4.78 is 29.1. The van der Waals surface area contributed by atoms with Gasteiger partial charge in [0.2, 0.25) is 0 Å². The molecule has 2 aliphatic rings. The van der Waals surface area contributed by atoms with Crippen molar-refractivity contribution >= 4 is 16.7 Å². The zero-order valence-electron chi connectivity index (χ0n) is 23.8. The summed E-state index contributed by atoms with van der Waals surface area (Å²) >= 11 is 0. The molecule has 2 unspecified atom stereocenters. The average Bonchev–Trinajstić information content (AvgIpc) is 3.03. The number of rotatable bonds is 7. The second-order valence-corrected chi connectivity index (χ2v) is 10.5. The van der Waals surface area contributed by atoms with E-state index in [0.29, 0.717) is 47.1 Å². The molecule has 6 rings (SSSR count). The van der Waals surface area contributed by atoms with E-state index in [1.165, 1.54) is 5.56 Å². The van der Waals surface area contributed by atoms with Gasteiger partial charge in [0, 0.05) is 43.6 Å². The molecule has 8 heteroatoms. The lowest BCUT2D eigenvalue weighted by Gasteiger charge is -2.48. The molecule has 4 aromatic rings. The number of carbonyl (C=O) groups is 1. The summed E-state index contributed by atoms with van der Waals surface area (Å²) in [6.07, 6.45) is 3.82. The van der Waals surface area contributed by atoms with E-state index in [9.17, 15) is 4.79 Å². The molecular weight excluding hydrogens is 520 g/mol. The number of carbonyl (C=O) groups excluding carboxylic acids is 1. The standard InChI is InChI=1S/C33H34N2O6/c1-37-27-16-22-10-13-34-31(25(22)19-30(27)40-4)33(41-32(36)21-8-6-5-7-9-21)12-15-35-14-11-23-17-28(38-2)29(39-3)18-24(23)26(35)20-33/h5-10,13,16-19,26H,11-12,14-15,20H2,1-4H3. The number of hydrogen-bond acceptors (Lipinski definition) is 8. The Morgan fingerprint density at radius 3 is 2.27 bits per heavy atom. The number of aromatic nitrogens is 1. The van der Waals surface area contributed by atoms with Gasteiger partial charge in [-0.2, -0.15) is 0 Å². The molecule has 2 aliphatic heterocycles. The Labute approximate surface area is 239 Å². The van der Waals surface area contributed by atoms with Crippen molar-refractivity contribution in [3.8, 4) is 23.0 Å². The minimum Gasteiger partial charge on any atom is -0.493 e. The summed E-state index contributed by atoms with van der Waals surface area (Å²) in [4.78, 5) is 21.1. The Bertz CT molecular complexity index is 1590. The molecule has 2 atom stereocenters. The van der Waals surface area contributed by atoms with Crippen LogP contribution in [0.15, 0.2) is 66.9 Å². The van der Waals surface area contributed by atoms with Gasteiger partial charge in [-0.05, 0) is 65.4 Å². The number of ether oxygens (including phenoxy) is 5. The van der Waals surface area contributed by atoms with Crippen molar-refractivity contribution in [1.82, 2.24) is 9.88 Å². The van der Waals surface area contributed by atoms with Crippen LogP contribution >= 0.6 is 0 Å². The third kappa shape index (κ3) is 4.72. The average molecular weight is 555 g/mol.